The number of rotatable bonds is 2. The Hall–Kier alpha value is -2.29. The van der Waals surface area contributed by atoms with Gasteiger partial charge in [0, 0.05) is 12.2 Å². The van der Waals surface area contributed by atoms with E-state index in [2.05, 4.69) is 29.6 Å². The van der Waals surface area contributed by atoms with Gasteiger partial charge in [-0.15, -0.1) is 0 Å². The molecule has 0 saturated heterocycles. The number of hydrogen-bond donors (Lipinski definition) is 2. The van der Waals surface area contributed by atoms with E-state index in [1.54, 1.807) is 12.1 Å². The molecule has 0 aliphatic carbocycles. The highest BCUT2D eigenvalue weighted by Gasteiger charge is 2.05. The fraction of sp³-hybridized carbons (Fsp3) is 0.188. The molecule has 2 aromatic carbocycles. The number of fused-ring (bicyclic) bond motifs is 1. The van der Waals surface area contributed by atoms with Gasteiger partial charge < -0.3 is 10.4 Å². The zero-order chi connectivity index (χ0) is 13.5. The van der Waals surface area contributed by atoms with Crippen LogP contribution in [0.4, 0.5) is 5.69 Å². The number of nitrogens with one attached hydrogen (secondary N) is 1. The van der Waals surface area contributed by atoms with E-state index in [1.807, 2.05) is 18.2 Å². The summed E-state index contributed by atoms with van der Waals surface area (Å²) in [7, 11) is 0. The zero-order valence-electron chi connectivity index (χ0n) is 10.7. The molecule has 2 aromatic rings. The van der Waals surface area contributed by atoms with Gasteiger partial charge in [0.1, 0.15) is 0 Å². The quantitative estimate of drug-likeness (QED) is 0.867. The molecule has 0 bridgehead atoms. The monoisotopic (exact) mass is 255 g/mol. The fourth-order valence-corrected chi connectivity index (χ4v) is 2.01. The third-order valence-electron chi connectivity index (χ3n) is 2.93. The Labute approximate surface area is 112 Å². The van der Waals surface area contributed by atoms with Crippen LogP contribution in [0.5, 0.6) is 0 Å². The van der Waals surface area contributed by atoms with E-state index in [0.29, 0.717) is 0 Å². The Morgan fingerprint density at radius 1 is 1.05 bits per heavy atom. The lowest BCUT2D eigenvalue weighted by molar-refractivity contribution is -0.136. The number of carboxylic acids is 1. The second-order valence-corrected chi connectivity index (χ2v) is 4.39. The van der Waals surface area contributed by atoms with Gasteiger partial charge >= 0.3 is 5.97 Å². The van der Waals surface area contributed by atoms with E-state index < -0.39 is 5.97 Å². The highest BCUT2D eigenvalue weighted by molar-refractivity contribution is 5.70. The molecule has 0 amide bonds. The molecule has 0 aromatic heterocycles. The third kappa shape index (κ3) is 4.14. The van der Waals surface area contributed by atoms with Gasteiger partial charge in [-0.3, -0.25) is 4.79 Å². The summed E-state index contributed by atoms with van der Waals surface area (Å²) in [6.07, 6.45) is 1.30. The van der Waals surface area contributed by atoms with Gasteiger partial charge in [0.25, 0.3) is 0 Å². The summed E-state index contributed by atoms with van der Waals surface area (Å²) in [6, 6.07) is 17.6. The Balaban J connectivity index is 0.000000141. The molecule has 98 valence electrons. The number of carbonyl (C=O) groups is 1. The van der Waals surface area contributed by atoms with Crippen molar-refractivity contribution < 1.29 is 9.90 Å². The highest BCUT2D eigenvalue weighted by atomic mass is 16.4. The topological polar surface area (TPSA) is 49.3 Å². The van der Waals surface area contributed by atoms with E-state index in [9.17, 15) is 4.79 Å². The molecule has 0 spiro atoms. The maximum absolute atomic E-state index is 10.2. The molecule has 0 saturated carbocycles. The van der Waals surface area contributed by atoms with Crippen LogP contribution in [0.2, 0.25) is 0 Å². The van der Waals surface area contributed by atoms with Crippen LogP contribution in [0, 0.1) is 0 Å². The molecule has 1 aliphatic heterocycles. The van der Waals surface area contributed by atoms with Crippen LogP contribution < -0.4 is 5.32 Å². The van der Waals surface area contributed by atoms with Crippen molar-refractivity contribution >= 4 is 11.7 Å². The second kappa shape index (κ2) is 6.59. The van der Waals surface area contributed by atoms with E-state index in [4.69, 9.17) is 5.11 Å². The third-order valence-corrected chi connectivity index (χ3v) is 2.93. The minimum Gasteiger partial charge on any atom is -0.481 e. The van der Waals surface area contributed by atoms with Gasteiger partial charge in [-0.1, -0.05) is 48.5 Å². The van der Waals surface area contributed by atoms with Crippen molar-refractivity contribution in [3.05, 3.63) is 65.7 Å². The van der Waals surface area contributed by atoms with E-state index in [0.717, 1.165) is 12.1 Å². The maximum atomic E-state index is 10.2. The molecule has 0 unspecified atom stereocenters. The SMILES string of the molecule is O=C(O)Cc1ccccc1.c1ccc2c(c1)CCN2. The predicted molar refractivity (Wildman–Crippen MR) is 76.4 cm³/mol. The summed E-state index contributed by atoms with van der Waals surface area (Å²) >= 11 is 0. The molecule has 3 nitrogen and oxygen atoms in total. The smallest absolute Gasteiger partial charge is 0.307 e. The minimum atomic E-state index is -0.786. The first-order chi connectivity index (χ1) is 9.25. The lowest BCUT2D eigenvalue weighted by atomic mass is 10.2. The number of anilines is 1. The highest BCUT2D eigenvalue weighted by Crippen LogP contribution is 2.19. The standard InChI is InChI=1S/C8H9N.C8H8O2/c1-2-4-8-7(3-1)5-6-9-8;9-8(10)6-7-4-2-1-3-5-7/h1-4,9H,5-6H2;1-5H,6H2,(H,9,10). The zero-order valence-corrected chi connectivity index (χ0v) is 10.7. The van der Waals surface area contributed by atoms with Crippen LogP contribution in [0.1, 0.15) is 11.1 Å². The first-order valence-electron chi connectivity index (χ1n) is 6.33. The van der Waals surface area contributed by atoms with Crippen molar-refractivity contribution in [3.63, 3.8) is 0 Å². The summed E-state index contributed by atoms with van der Waals surface area (Å²) < 4.78 is 0. The lowest BCUT2D eigenvalue weighted by Gasteiger charge is -1.94. The van der Waals surface area contributed by atoms with Crippen LogP contribution in [0.25, 0.3) is 0 Å². The van der Waals surface area contributed by atoms with Crippen LogP contribution in [-0.4, -0.2) is 17.6 Å². The molecule has 0 radical (unpaired) electrons. The van der Waals surface area contributed by atoms with E-state index in [-0.39, 0.29) is 6.42 Å². The number of carboxylic acid groups (broad SMARTS) is 1. The number of benzene rings is 2. The summed E-state index contributed by atoms with van der Waals surface area (Å²) in [6.45, 7) is 1.11. The molecule has 3 rings (SSSR count). The summed E-state index contributed by atoms with van der Waals surface area (Å²) in [5.41, 5.74) is 3.62. The van der Waals surface area contributed by atoms with Crippen molar-refractivity contribution in [2.45, 2.75) is 12.8 Å². The molecule has 0 atom stereocenters. The van der Waals surface area contributed by atoms with Gasteiger partial charge in [-0.05, 0) is 23.6 Å². The number of aliphatic carboxylic acids is 1. The van der Waals surface area contributed by atoms with E-state index >= 15 is 0 Å². The summed E-state index contributed by atoms with van der Waals surface area (Å²) in [5.74, 6) is -0.786. The van der Waals surface area contributed by atoms with Crippen LogP contribution in [0.15, 0.2) is 54.6 Å². The van der Waals surface area contributed by atoms with E-state index in [1.165, 1.54) is 17.7 Å². The van der Waals surface area contributed by atoms with Gasteiger partial charge in [0.05, 0.1) is 6.42 Å². The fourth-order valence-electron chi connectivity index (χ4n) is 2.01. The average Bonchev–Trinajstić information content (AvgIpc) is 2.88. The number of para-hydroxylation sites is 1. The van der Waals surface area contributed by atoms with Crippen molar-refractivity contribution in [3.8, 4) is 0 Å². The maximum Gasteiger partial charge on any atom is 0.307 e. The molecule has 1 heterocycles. The molecule has 1 aliphatic rings. The lowest BCUT2D eigenvalue weighted by Crippen LogP contribution is -1.98. The van der Waals surface area contributed by atoms with Gasteiger partial charge in [0.2, 0.25) is 0 Å². The predicted octanol–water partition coefficient (Wildman–Crippen LogP) is 2.97. The Bertz CT molecular complexity index is 514. The van der Waals surface area contributed by atoms with Crippen molar-refractivity contribution in [1.82, 2.24) is 0 Å². The Morgan fingerprint density at radius 3 is 2.42 bits per heavy atom. The normalized spacial score (nSPS) is 11.8. The average molecular weight is 255 g/mol. The minimum absolute atomic E-state index is 0.112. The molecule has 2 N–H and O–H groups in total. The van der Waals surface area contributed by atoms with Crippen molar-refractivity contribution in [1.29, 1.82) is 0 Å². The van der Waals surface area contributed by atoms with Gasteiger partial charge in [-0.25, -0.2) is 0 Å². The van der Waals surface area contributed by atoms with Crippen LogP contribution in [-0.2, 0) is 17.6 Å². The largest absolute Gasteiger partial charge is 0.481 e. The van der Waals surface area contributed by atoms with Crippen LogP contribution >= 0.6 is 0 Å². The molecular weight excluding hydrogens is 238 g/mol. The van der Waals surface area contributed by atoms with Gasteiger partial charge in [-0.2, -0.15) is 0 Å². The van der Waals surface area contributed by atoms with Crippen LogP contribution in [0.3, 0.4) is 0 Å². The molecule has 3 heteroatoms. The Kier molecular flexibility index (Phi) is 4.56. The molecular formula is C16H17NO2. The van der Waals surface area contributed by atoms with Gasteiger partial charge in [0.15, 0.2) is 0 Å². The van der Waals surface area contributed by atoms with Crippen molar-refractivity contribution in [2.24, 2.45) is 0 Å². The molecule has 0 fully saturated rings. The molecule has 19 heavy (non-hydrogen) atoms. The summed E-state index contributed by atoms with van der Waals surface area (Å²) in [5, 5.41) is 11.7. The second-order valence-electron chi connectivity index (χ2n) is 4.39. The van der Waals surface area contributed by atoms with Crippen molar-refractivity contribution in [2.75, 3.05) is 11.9 Å². The summed E-state index contributed by atoms with van der Waals surface area (Å²) in [4.78, 5) is 10.2. The number of hydrogen-bond acceptors (Lipinski definition) is 2. The Morgan fingerprint density at radius 2 is 1.74 bits per heavy atom. The first kappa shape index (κ1) is 13.1. The first-order valence-corrected chi connectivity index (χ1v) is 6.33.